The van der Waals surface area contributed by atoms with Crippen LogP contribution in [0.2, 0.25) is 0 Å². The Hall–Kier alpha value is -2.20. The summed E-state index contributed by atoms with van der Waals surface area (Å²) in [6, 6.07) is 15.9. The number of ether oxygens (including phenoxy) is 2. The van der Waals surface area contributed by atoms with Crippen molar-refractivity contribution in [1.29, 1.82) is 0 Å². The van der Waals surface area contributed by atoms with Crippen LogP contribution in [0.15, 0.2) is 53.5 Å². The van der Waals surface area contributed by atoms with Crippen molar-refractivity contribution >= 4 is 18.2 Å². The zero-order valence-corrected chi connectivity index (χ0v) is 13.2. The predicted molar refractivity (Wildman–Crippen MR) is 90.4 cm³/mol. The van der Waals surface area contributed by atoms with Crippen molar-refractivity contribution in [1.82, 2.24) is 5.32 Å². The van der Waals surface area contributed by atoms with Crippen LogP contribution < -0.4 is 14.8 Å². The van der Waals surface area contributed by atoms with E-state index in [4.69, 9.17) is 9.47 Å². The number of nitrogens with one attached hydrogen (secondary N) is 1. The first kappa shape index (κ1) is 16.2. The minimum Gasteiger partial charge on any atom is -0.497 e. The van der Waals surface area contributed by atoms with Gasteiger partial charge in [0.2, 0.25) is 0 Å². The maximum atomic E-state index is 5.85. The summed E-state index contributed by atoms with van der Waals surface area (Å²) in [5.41, 5.74) is 2.15. The summed E-state index contributed by atoms with van der Waals surface area (Å²) in [6.45, 7) is 2.26. The molecule has 0 aromatic heterocycles. The molecule has 116 valence electrons. The number of methoxy groups -OCH3 is 1. The molecule has 22 heavy (non-hydrogen) atoms. The molecule has 4 nitrogen and oxygen atoms in total. The smallest absolute Gasteiger partial charge is 0.128 e. The normalized spacial score (nSPS) is 12.9. The molecule has 1 heterocycles. The lowest BCUT2D eigenvalue weighted by molar-refractivity contribution is 0.305. The van der Waals surface area contributed by atoms with Crippen LogP contribution in [0.5, 0.6) is 11.5 Å². The zero-order valence-electron chi connectivity index (χ0n) is 12.4. The van der Waals surface area contributed by atoms with Crippen LogP contribution in [0.25, 0.3) is 0 Å². The van der Waals surface area contributed by atoms with E-state index in [1.165, 1.54) is 0 Å². The van der Waals surface area contributed by atoms with Gasteiger partial charge < -0.3 is 14.8 Å². The van der Waals surface area contributed by atoms with E-state index in [2.05, 4.69) is 10.3 Å². The third-order valence-corrected chi connectivity index (χ3v) is 3.32. The fourth-order valence-electron chi connectivity index (χ4n) is 2.25. The Morgan fingerprint density at radius 3 is 2.68 bits per heavy atom. The van der Waals surface area contributed by atoms with E-state index in [0.29, 0.717) is 6.61 Å². The highest BCUT2D eigenvalue weighted by Crippen LogP contribution is 2.18. The summed E-state index contributed by atoms with van der Waals surface area (Å²) in [5, 5.41) is 3.27. The molecule has 0 bridgehead atoms. The lowest BCUT2D eigenvalue weighted by atomic mass is 10.2. The van der Waals surface area contributed by atoms with Crippen molar-refractivity contribution in [3.8, 4) is 11.5 Å². The third kappa shape index (κ3) is 3.92. The number of hydrogen-bond acceptors (Lipinski definition) is 4. The molecule has 0 radical (unpaired) electrons. The molecule has 5 heteroatoms. The molecule has 2 aromatic rings. The van der Waals surface area contributed by atoms with E-state index < -0.39 is 0 Å². The van der Waals surface area contributed by atoms with Crippen LogP contribution >= 0.6 is 12.4 Å². The maximum absolute atomic E-state index is 5.85. The summed E-state index contributed by atoms with van der Waals surface area (Å²) < 4.78 is 11.1. The van der Waals surface area contributed by atoms with Gasteiger partial charge in [0.1, 0.15) is 23.9 Å². The standard InChI is InChI=1S/C17H18N2O2.ClH/c1-20-15-6-2-4-13(10-15)12-21-16-7-3-5-14(11-16)17-18-8-9-19-17;/h2-7,10-11H,8-9,12H2,1H3,(H,18,19);1H. The van der Waals surface area contributed by atoms with Gasteiger partial charge in [-0.05, 0) is 29.8 Å². The number of hydrogen-bond donors (Lipinski definition) is 1. The van der Waals surface area contributed by atoms with Crippen molar-refractivity contribution < 1.29 is 9.47 Å². The second-order valence-corrected chi connectivity index (χ2v) is 4.83. The Bertz CT molecular complexity index is 659. The summed E-state index contributed by atoms with van der Waals surface area (Å²) >= 11 is 0. The summed E-state index contributed by atoms with van der Waals surface area (Å²) in [5.74, 6) is 2.63. The van der Waals surface area contributed by atoms with Gasteiger partial charge in [-0.15, -0.1) is 12.4 Å². The molecule has 0 amide bonds. The molecule has 0 saturated heterocycles. The predicted octanol–water partition coefficient (Wildman–Crippen LogP) is 3.05. The van der Waals surface area contributed by atoms with Gasteiger partial charge in [-0.25, -0.2) is 0 Å². The van der Waals surface area contributed by atoms with Gasteiger partial charge in [0.15, 0.2) is 0 Å². The summed E-state index contributed by atoms with van der Waals surface area (Å²) in [6.07, 6.45) is 0. The number of nitrogens with zero attached hydrogens (tertiary/aromatic N) is 1. The van der Waals surface area contributed by atoms with Crippen molar-refractivity contribution in [2.75, 3.05) is 20.2 Å². The summed E-state index contributed by atoms with van der Waals surface area (Å²) in [4.78, 5) is 4.42. The first-order chi connectivity index (χ1) is 10.3. The molecule has 0 spiro atoms. The maximum Gasteiger partial charge on any atom is 0.128 e. The van der Waals surface area contributed by atoms with Crippen LogP contribution in [0.1, 0.15) is 11.1 Å². The lowest BCUT2D eigenvalue weighted by Gasteiger charge is -2.09. The fourth-order valence-corrected chi connectivity index (χ4v) is 2.25. The molecule has 1 aliphatic rings. The number of benzene rings is 2. The van der Waals surface area contributed by atoms with Crippen LogP contribution in [0.4, 0.5) is 0 Å². The largest absolute Gasteiger partial charge is 0.497 e. The van der Waals surface area contributed by atoms with Crippen molar-refractivity contribution in [3.63, 3.8) is 0 Å². The molecular formula is C17H19ClN2O2. The van der Waals surface area contributed by atoms with E-state index >= 15 is 0 Å². The molecule has 2 aromatic carbocycles. The van der Waals surface area contributed by atoms with E-state index in [1.807, 2.05) is 48.5 Å². The van der Waals surface area contributed by atoms with Gasteiger partial charge >= 0.3 is 0 Å². The molecule has 0 fully saturated rings. The number of rotatable bonds is 5. The Morgan fingerprint density at radius 2 is 1.91 bits per heavy atom. The monoisotopic (exact) mass is 318 g/mol. The summed E-state index contributed by atoms with van der Waals surface area (Å²) in [7, 11) is 1.67. The molecule has 1 aliphatic heterocycles. The Balaban J connectivity index is 0.00000176. The van der Waals surface area contributed by atoms with Gasteiger partial charge in [-0.2, -0.15) is 0 Å². The topological polar surface area (TPSA) is 42.9 Å². The Morgan fingerprint density at radius 1 is 1.09 bits per heavy atom. The zero-order chi connectivity index (χ0) is 14.5. The number of halogens is 1. The highest BCUT2D eigenvalue weighted by Gasteiger charge is 2.08. The SMILES string of the molecule is COc1cccc(COc2cccc(C3=NCCN3)c2)c1.Cl. The first-order valence-corrected chi connectivity index (χ1v) is 6.99. The molecule has 3 rings (SSSR count). The molecule has 0 unspecified atom stereocenters. The highest BCUT2D eigenvalue weighted by atomic mass is 35.5. The average molecular weight is 319 g/mol. The van der Waals surface area contributed by atoms with E-state index in [1.54, 1.807) is 7.11 Å². The quantitative estimate of drug-likeness (QED) is 0.921. The van der Waals surface area contributed by atoms with Crippen LogP contribution in [0, 0.1) is 0 Å². The fraction of sp³-hybridized carbons (Fsp3) is 0.235. The van der Waals surface area contributed by atoms with Gasteiger partial charge in [0.05, 0.1) is 13.7 Å². The van der Waals surface area contributed by atoms with Gasteiger partial charge in [0.25, 0.3) is 0 Å². The minimum atomic E-state index is 0. The van der Waals surface area contributed by atoms with E-state index in [0.717, 1.165) is 41.6 Å². The van der Waals surface area contributed by atoms with E-state index in [9.17, 15) is 0 Å². The van der Waals surface area contributed by atoms with E-state index in [-0.39, 0.29) is 12.4 Å². The minimum absolute atomic E-state index is 0. The van der Waals surface area contributed by atoms with Gasteiger partial charge in [-0.3, -0.25) is 4.99 Å². The number of aliphatic imine (C=N–C) groups is 1. The number of amidine groups is 1. The highest BCUT2D eigenvalue weighted by molar-refractivity contribution is 6.00. The molecule has 0 atom stereocenters. The Kier molecular flexibility index (Phi) is 5.67. The van der Waals surface area contributed by atoms with Crippen LogP contribution in [0.3, 0.4) is 0 Å². The molecule has 0 aliphatic carbocycles. The van der Waals surface area contributed by atoms with Crippen molar-refractivity contribution in [2.24, 2.45) is 4.99 Å². The third-order valence-electron chi connectivity index (χ3n) is 3.32. The second kappa shape index (κ2) is 7.71. The van der Waals surface area contributed by atoms with Gasteiger partial charge in [-0.1, -0.05) is 24.3 Å². The van der Waals surface area contributed by atoms with Crippen molar-refractivity contribution in [3.05, 3.63) is 59.7 Å². The van der Waals surface area contributed by atoms with Crippen LogP contribution in [-0.4, -0.2) is 26.0 Å². The molecular weight excluding hydrogens is 300 g/mol. The second-order valence-electron chi connectivity index (χ2n) is 4.83. The lowest BCUT2D eigenvalue weighted by Crippen LogP contribution is -2.19. The Labute approximate surface area is 136 Å². The molecule has 0 saturated carbocycles. The van der Waals surface area contributed by atoms with Crippen molar-refractivity contribution in [2.45, 2.75) is 6.61 Å². The average Bonchev–Trinajstić information content (AvgIpc) is 3.08. The first-order valence-electron chi connectivity index (χ1n) is 6.99. The molecule has 1 N–H and O–H groups in total. The van der Waals surface area contributed by atoms with Crippen LogP contribution in [-0.2, 0) is 6.61 Å². The van der Waals surface area contributed by atoms with Gasteiger partial charge in [0, 0.05) is 12.1 Å².